The lowest BCUT2D eigenvalue weighted by Gasteiger charge is -2.18. The van der Waals surface area contributed by atoms with Crippen molar-refractivity contribution in [2.45, 2.75) is 24.3 Å². The molecule has 0 aliphatic rings. The van der Waals surface area contributed by atoms with Crippen LogP contribution in [0.25, 0.3) is 10.8 Å². The quantitative estimate of drug-likeness (QED) is 0.473. The molecule has 1 amide bonds. The smallest absolute Gasteiger partial charge is 0.261 e. The maximum Gasteiger partial charge on any atom is 0.261 e. The van der Waals surface area contributed by atoms with Gasteiger partial charge in [0.1, 0.15) is 18.1 Å². The Morgan fingerprint density at radius 1 is 0.969 bits per heavy atom. The van der Waals surface area contributed by atoms with Gasteiger partial charge in [-0.2, -0.15) is 0 Å². The third-order valence-corrected chi connectivity index (χ3v) is 6.76. The van der Waals surface area contributed by atoms with Gasteiger partial charge in [-0.25, -0.2) is 12.7 Å². The van der Waals surface area contributed by atoms with Gasteiger partial charge in [-0.3, -0.25) is 4.79 Å². The van der Waals surface area contributed by atoms with Gasteiger partial charge in [0.2, 0.25) is 10.0 Å². The summed E-state index contributed by atoms with van der Waals surface area (Å²) in [6.07, 6.45) is -0.0758. The SMILES string of the molecule is CCC(Oc1ccc2ccccc2c1)C(=O)NCCOc1ccc(S(=O)(=O)N(C)C)cc1. The zero-order valence-corrected chi connectivity index (χ0v) is 19.3. The molecule has 0 aliphatic carbocycles. The van der Waals surface area contributed by atoms with Crippen LogP contribution in [0.1, 0.15) is 13.3 Å². The van der Waals surface area contributed by atoms with E-state index >= 15 is 0 Å². The first-order chi connectivity index (χ1) is 15.3. The molecule has 0 spiro atoms. The Kier molecular flexibility index (Phi) is 7.71. The van der Waals surface area contributed by atoms with E-state index in [1.165, 1.54) is 26.2 Å². The topological polar surface area (TPSA) is 84.9 Å². The fraction of sp³-hybridized carbons (Fsp3) is 0.292. The zero-order chi connectivity index (χ0) is 23.1. The van der Waals surface area contributed by atoms with Crippen LogP contribution in [0.4, 0.5) is 0 Å². The molecule has 0 heterocycles. The van der Waals surface area contributed by atoms with Gasteiger partial charge in [0.05, 0.1) is 11.4 Å². The highest BCUT2D eigenvalue weighted by atomic mass is 32.2. The molecular weight excluding hydrogens is 428 g/mol. The van der Waals surface area contributed by atoms with E-state index in [1.54, 1.807) is 12.1 Å². The van der Waals surface area contributed by atoms with Crippen LogP contribution in [0.3, 0.4) is 0 Å². The summed E-state index contributed by atoms with van der Waals surface area (Å²) < 4.78 is 36.8. The number of sulfonamides is 1. The number of nitrogens with one attached hydrogen (secondary N) is 1. The van der Waals surface area contributed by atoms with Gasteiger partial charge in [0.25, 0.3) is 5.91 Å². The van der Waals surface area contributed by atoms with Crippen molar-refractivity contribution >= 4 is 26.7 Å². The summed E-state index contributed by atoms with van der Waals surface area (Å²) in [7, 11) is -0.510. The van der Waals surface area contributed by atoms with E-state index < -0.39 is 16.1 Å². The zero-order valence-electron chi connectivity index (χ0n) is 18.4. The molecule has 0 fully saturated rings. The monoisotopic (exact) mass is 456 g/mol. The fourth-order valence-corrected chi connectivity index (χ4v) is 4.00. The van der Waals surface area contributed by atoms with Crippen LogP contribution in [0, 0.1) is 0 Å². The first kappa shape index (κ1) is 23.6. The van der Waals surface area contributed by atoms with Crippen LogP contribution in [0.15, 0.2) is 71.6 Å². The Bertz CT molecular complexity index is 1160. The summed E-state index contributed by atoms with van der Waals surface area (Å²) in [5, 5.41) is 4.99. The predicted octanol–water partition coefficient (Wildman–Crippen LogP) is 3.44. The van der Waals surface area contributed by atoms with E-state index in [4.69, 9.17) is 9.47 Å². The minimum Gasteiger partial charge on any atom is -0.492 e. The highest BCUT2D eigenvalue weighted by molar-refractivity contribution is 7.89. The van der Waals surface area contributed by atoms with E-state index in [0.717, 1.165) is 15.1 Å². The first-order valence-corrected chi connectivity index (χ1v) is 11.8. The van der Waals surface area contributed by atoms with Crippen LogP contribution in [0.5, 0.6) is 11.5 Å². The molecule has 0 saturated heterocycles. The van der Waals surface area contributed by atoms with E-state index in [9.17, 15) is 13.2 Å². The molecule has 8 heteroatoms. The van der Waals surface area contributed by atoms with Gasteiger partial charge in [0, 0.05) is 14.1 Å². The first-order valence-electron chi connectivity index (χ1n) is 10.4. The molecule has 1 atom stereocenters. The molecule has 0 saturated carbocycles. The van der Waals surface area contributed by atoms with Gasteiger partial charge in [-0.05, 0) is 53.6 Å². The third kappa shape index (κ3) is 5.77. The van der Waals surface area contributed by atoms with E-state index in [-0.39, 0.29) is 17.4 Å². The number of fused-ring (bicyclic) bond motifs is 1. The molecule has 0 aromatic heterocycles. The molecule has 3 aromatic rings. The van der Waals surface area contributed by atoms with Crippen molar-refractivity contribution in [3.8, 4) is 11.5 Å². The number of ether oxygens (including phenoxy) is 2. The van der Waals surface area contributed by atoms with E-state index in [2.05, 4.69) is 5.32 Å². The summed E-state index contributed by atoms with van der Waals surface area (Å²) >= 11 is 0. The number of rotatable bonds is 10. The predicted molar refractivity (Wildman–Crippen MR) is 124 cm³/mol. The fourth-order valence-electron chi connectivity index (χ4n) is 3.10. The molecule has 32 heavy (non-hydrogen) atoms. The molecular formula is C24H28N2O5S. The van der Waals surface area contributed by atoms with Crippen molar-refractivity contribution < 1.29 is 22.7 Å². The van der Waals surface area contributed by atoms with E-state index in [0.29, 0.717) is 24.5 Å². The molecule has 170 valence electrons. The Morgan fingerprint density at radius 2 is 1.62 bits per heavy atom. The van der Waals surface area contributed by atoms with Gasteiger partial charge >= 0.3 is 0 Å². The second kappa shape index (κ2) is 10.5. The van der Waals surface area contributed by atoms with Crippen molar-refractivity contribution in [2.75, 3.05) is 27.2 Å². The molecule has 0 radical (unpaired) electrons. The third-order valence-electron chi connectivity index (χ3n) is 4.93. The van der Waals surface area contributed by atoms with Crippen LogP contribution in [-0.4, -0.2) is 52.0 Å². The molecule has 1 N–H and O–H groups in total. The van der Waals surface area contributed by atoms with Crippen LogP contribution in [0.2, 0.25) is 0 Å². The minimum atomic E-state index is -3.47. The minimum absolute atomic E-state index is 0.194. The molecule has 3 rings (SSSR count). The number of nitrogens with zero attached hydrogens (tertiary/aromatic N) is 1. The molecule has 3 aromatic carbocycles. The lowest BCUT2D eigenvalue weighted by atomic mass is 10.1. The number of hydrogen-bond donors (Lipinski definition) is 1. The van der Waals surface area contributed by atoms with Gasteiger partial charge in [0.15, 0.2) is 6.10 Å². The summed E-state index contributed by atoms with van der Waals surface area (Å²) in [5.41, 5.74) is 0. The maximum absolute atomic E-state index is 12.5. The normalized spacial score (nSPS) is 12.5. The van der Waals surface area contributed by atoms with Crippen LogP contribution >= 0.6 is 0 Å². The van der Waals surface area contributed by atoms with Crippen molar-refractivity contribution in [2.24, 2.45) is 0 Å². The largest absolute Gasteiger partial charge is 0.492 e. The standard InChI is InChI=1S/C24H28N2O5S/c1-4-23(31-21-10-9-18-7-5-6-8-19(18)17-21)24(27)25-15-16-30-20-11-13-22(14-12-20)32(28,29)26(2)3/h5-14,17,23H,4,15-16H2,1-3H3,(H,25,27). The van der Waals surface area contributed by atoms with Gasteiger partial charge in [-0.15, -0.1) is 0 Å². The number of amides is 1. The Balaban J connectivity index is 1.48. The Morgan fingerprint density at radius 3 is 2.28 bits per heavy atom. The second-order valence-electron chi connectivity index (χ2n) is 7.42. The molecule has 0 bridgehead atoms. The molecule has 1 unspecified atom stereocenters. The Labute approximate surface area is 189 Å². The van der Waals surface area contributed by atoms with Crippen molar-refractivity contribution in [1.29, 1.82) is 0 Å². The molecule has 0 aliphatic heterocycles. The van der Waals surface area contributed by atoms with Crippen LogP contribution < -0.4 is 14.8 Å². The van der Waals surface area contributed by atoms with E-state index in [1.807, 2.05) is 49.4 Å². The number of carbonyl (C=O) groups is 1. The summed E-state index contributed by atoms with van der Waals surface area (Å²) in [5.74, 6) is 0.961. The summed E-state index contributed by atoms with van der Waals surface area (Å²) in [6.45, 7) is 2.44. The lowest BCUT2D eigenvalue weighted by Crippen LogP contribution is -2.39. The maximum atomic E-state index is 12.5. The highest BCUT2D eigenvalue weighted by Crippen LogP contribution is 2.22. The number of carbonyl (C=O) groups excluding carboxylic acids is 1. The second-order valence-corrected chi connectivity index (χ2v) is 9.57. The highest BCUT2D eigenvalue weighted by Gasteiger charge is 2.19. The van der Waals surface area contributed by atoms with Crippen molar-refractivity contribution in [3.63, 3.8) is 0 Å². The number of hydrogen-bond acceptors (Lipinski definition) is 5. The van der Waals surface area contributed by atoms with Crippen molar-refractivity contribution in [1.82, 2.24) is 9.62 Å². The van der Waals surface area contributed by atoms with Gasteiger partial charge in [-0.1, -0.05) is 37.3 Å². The van der Waals surface area contributed by atoms with Gasteiger partial charge < -0.3 is 14.8 Å². The average Bonchev–Trinajstić information content (AvgIpc) is 2.80. The summed E-state index contributed by atoms with van der Waals surface area (Å²) in [4.78, 5) is 12.7. The Hall–Kier alpha value is -3.10. The average molecular weight is 457 g/mol. The summed E-state index contributed by atoms with van der Waals surface area (Å²) in [6, 6.07) is 19.9. The lowest BCUT2D eigenvalue weighted by molar-refractivity contribution is -0.128. The molecule has 7 nitrogen and oxygen atoms in total. The number of benzene rings is 3. The van der Waals surface area contributed by atoms with Crippen LogP contribution in [-0.2, 0) is 14.8 Å². The van der Waals surface area contributed by atoms with Crippen molar-refractivity contribution in [3.05, 3.63) is 66.7 Å².